The number of likely N-dealkylation sites (N-methyl/N-ethyl adjacent to an activating group) is 2. The van der Waals surface area contributed by atoms with Crippen molar-refractivity contribution < 1.29 is 8.97 Å². The Hall–Kier alpha value is -1.64. The minimum Gasteiger partial charge on any atom is -0.325 e. The first-order valence-electron chi connectivity index (χ1n) is 14.7. The third kappa shape index (κ3) is 6.03. The first-order valence-corrected chi connectivity index (χ1v) is 14.7. The molecular formula is C33H52N2+2. The van der Waals surface area contributed by atoms with Crippen LogP contribution in [0, 0.1) is 0 Å². The molecule has 0 radical (unpaired) electrons. The molecule has 192 valence electrons. The molecule has 0 spiro atoms. The zero-order valence-electron chi connectivity index (χ0n) is 23.3. The number of hydrogen-bond acceptors (Lipinski definition) is 0. The molecule has 2 heteroatoms. The topological polar surface area (TPSA) is 0 Å². The zero-order valence-corrected chi connectivity index (χ0v) is 23.3. The fourth-order valence-electron chi connectivity index (χ4n) is 7.50. The number of benzene rings is 2. The standard InChI is InChI=1S/C17H26N.C16H26N/c1-18(13-7-8-14-18)15-17(11-5-6-12-17)16-9-3-2-4-10-16;1-4-17(5-2,6-3)14-16(12-13-16)15-10-8-7-9-11-15/h2-4,9-10H,5-8,11-15H2,1H3;7-11H,4-6,12-14H2,1-3H3/q2*+1. The molecule has 0 N–H and O–H groups in total. The van der Waals surface area contributed by atoms with Gasteiger partial charge in [0.2, 0.25) is 0 Å². The van der Waals surface area contributed by atoms with E-state index in [0.717, 1.165) is 0 Å². The highest BCUT2D eigenvalue weighted by molar-refractivity contribution is 5.31. The molecule has 0 bridgehead atoms. The lowest BCUT2D eigenvalue weighted by Gasteiger charge is -2.39. The summed E-state index contributed by atoms with van der Waals surface area (Å²) in [6.45, 7) is 16.3. The number of likely N-dealkylation sites (tertiary alicyclic amines) is 1. The van der Waals surface area contributed by atoms with Gasteiger partial charge in [-0.2, -0.15) is 0 Å². The highest BCUT2D eigenvalue weighted by atomic mass is 15.4. The molecule has 2 aliphatic carbocycles. The molecule has 0 atom stereocenters. The summed E-state index contributed by atoms with van der Waals surface area (Å²) in [6, 6.07) is 22.5. The molecule has 3 aliphatic rings. The van der Waals surface area contributed by atoms with Gasteiger partial charge >= 0.3 is 0 Å². The van der Waals surface area contributed by atoms with Gasteiger partial charge in [-0.25, -0.2) is 0 Å². The smallest absolute Gasteiger partial charge is 0.0884 e. The van der Waals surface area contributed by atoms with Gasteiger partial charge < -0.3 is 8.97 Å². The Kier molecular flexibility index (Phi) is 8.44. The second-order valence-corrected chi connectivity index (χ2v) is 12.4. The van der Waals surface area contributed by atoms with E-state index < -0.39 is 0 Å². The lowest BCUT2D eigenvalue weighted by atomic mass is 9.78. The van der Waals surface area contributed by atoms with Crippen molar-refractivity contribution in [2.45, 2.75) is 83.0 Å². The third-order valence-electron chi connectivity index (χ3n) is 10.2. The van der Waals surface area contributed by atoms with E-state index in [1.165, 1.54) is 106 Å². The SMILES string of the molecule is CC[N+](CC)(CC)CC1(c2ccccc2)CC1.C[N+]1(CC2(c3ccccc3)CCCC2)CCCC1. The summed E-state index contributed by atoms with van der Waals surface area (Å²) in [4.78, 5) is 0. The number of quaternary nitrogens is 2. The molecule has 0 amide bonds. The fraction of sp³-hybridized carbons (Fsp3) is 0.636. The molecule has 3 fully saturated rings. The van der Waals surface area contributed by atoms with Crippen LogP contribution in [0.3, 0.4) is 0 Å². The van der Waals surface area contributed by atoms with Crippen LogP contribution >= 0.6 is 0 Å². The Morgan fingerprint density at radius 2 is 1.09 bits per heavy atom. The lowest BCUT2D eigenvalue weighted by molar-refractivity contribution is -0.925. The van der Waals surface area contributed by atoms with Crippen LogP contribution in [0.1, 0.15) is 83.3 Å². The number of rotatable bonds is 9. The molecule has 5 rings (SSSR count). The fourth-order valence-corrected chi connectivity index (χ4v) is 7.50. The monoisotopic (exact) mass is 476 g/mol. The van der Waals surface area contributed by atoms with Gasteiger partial charge in [-0.15, -0.1) is 0 Å². The minimum absolute atomic E-state index is 0.486. The summed E-state index contributed by atoms with van der Waals surface area (Å²) in [6.07, 6.45) is 11.3. The van der Waals surface area contributed by atoms with Crippen LogP contribution in [0.15, 0.2) is 60.7 Å². The van der Waals surface area contributed by atoms with E-state index in [1.807, 2.05) is 0 Å². The van der Waals surface area contributed by atoms with Gasteiger partial charge in [0.25, 0.3) is 0 Å². The summed E-state index contributed by atoms with van der Waals surface area (Å²) in [5.41, 5.74) is 4.16. The minimum atomic E-state index is 0.486. The van der Waals surface area contributed by atoms with Gasteiger partial charge in [-0.3, -0.25) is 0 Å². The molecule has 2 aromatic carbocycles. The van der Waals surface area contributed by atoms with Crippen LogP contribution in [0.2, 0.25) is 0 Å². The molecular weight excluding hydrogens is 424 g/mol. The first-order chi connectivity index (χ1) is 16.9. The third-order valence-corrected chi connectivity index (χ3v) is 10.2. The van der Waals surface area contributed by atoms with E-state index in [1.54, 1.807) is 11.1 Å². The van der Waals surface area contributed by atoms with Crippen molar-refractivity contribution in [1.29, 1.82) is 0 Å². The van der Waals surface area contributed by atoms with E-state index in [0.29, 0.717) is 10.8 Å². The molecule has 2 aromatic rings. The maximum absolute atomic E-state index is 2.48. The van der Waals surface area contributed by atoms with Crippen molar-refractivity contribution in [3.63, 3.8) is 0 Å². The summed E-state index contributed by atoms with van der Waals surface area (Å²) in [5, 5.41) is 0. The highest BCUT2D eigenvalue weighted by Crippen LogP contribution is 2.49. The zero-order chi connectivity index (χ0) is 24.8. The summed E-state index contributed by atoms with van der Waals surface area (Å²) in [7, 11) is 2.48. The molecule has 0 aromatic heterocycles. The normalized spacial score (nSPS) is 21.8. The van der Waals surface area contributed by atoms with Crippen molar-refractivity contribution in [2.24, 2.45) is 0 Å². The van der Waals surface area contributed by atoms with Crippen molar-refractivity contribution in [3.05, 3.63) is 71.8 Å². The van der Waals surface area contributed by atoms with E-state index in [2.05, 4.69) is 88.5 Å². The van der Waals surface area contributed by atoms with Crippen molar-refractivity contribution in [2.75, 3.05) is 52.9 Å². The van der Waals surface area contributed by atoms with E-state index in [-0.39, 0.29) is 0 Å². The second-order valence-electron chi connectivity index (χ2n) is 12.4. The predicted molar refractivity (Wildman–Crippen MR) is 151 cm³/mol. The molecule has 2 nitrogen and oxygen atoms in total. The van der Waals surface area contributed by atoms with Crippen molar-refractivity contribution in [3.8, 4) is 0 Å². The highest BCUT2D eigenvalue weighted by Gasteiger charge is 2.50. The Balaban J connectivity index is 0.000000165. The Morgan fingerprint density at radius 3 is 1.51 bits per heavy atom. The Labute approximate surface area is 216 Å². The maximum atomic E-state index is 2.48. The molecule has 1 saturated heterocycles. The summed E-state index contributed by atoms with van der Waals surface area (Å²) >= 11 is 0. The quantitative estimate of drug-likeness (QED) is 0.332. The van der Waals surface area contributed by atoms with Crippen LogP contribution in [-0.4, -0.2) is 61.8 Å². The Morgan fingerprint density at radius 1 is 0.629 bits per heavy atom. The van der Waals surface area contributed by atoms with Crippen LogP contribution in [0.4, 0.5) is 0 Å². The predicted octanol–water partition coefficient (Wildman–Crippen LogP) is 7.33. The molecule has 2 saturated carbocycles. The van der Waals surface area contributed by atoms with E-state index >= 15 is 0 Å². The molecule has 1 aliphatic heterocycles. The van der Waals surface area contributed by atoms with Crippen LogP contribution < -0.4 is 0 Å². The van der Waals surface area contributed by atoms with Gasteiger partial charge in [-0.1, -0.05) is 73.5 Å². The maximum Gasteiger partial charge on any atom is 0.0884 e. The lowest BCUT2D eigenvalue weighted by Crippen LogP contribution is -2.51. The number of nitrogens with zero attached hydrogens (tertiary/aromatic N) is 2. The van der Waals surface area contributed by atoms with Crippen LogP contribution in [0.5, 0.6) is 0 Å². The average molecular weight is 477 g/mol. The van der Waals surface area contributed by atoms with Gasteiger partial charge in [-0.05, 0) is 57.6 Å². The molecule has 0 unspecified atom stereocenters. The van der Waals surface area contributed by atoms with Crippen LogP contribution in [0.25, 0.3) is 0 Å². The van der Waals surface area contributed by atoms with E-state index in [9.17, 15) is 0 Å². The average Bonchev–Trinajstić information content (AvgIpc) is 3.31. The molecule has 35 heavy (non-hydrogen) atoms. The largest absolute Gasteiger partial charge is 0.325 e. The van der Waals surface area contributed by atoms with Gasteiger partial charge in [0.1, 0.15) is 0 Å². The van der Waals surface area contributed by atoms with Crippen molar-refractivity contribution in [1.82, 2.24) is 0 Å². The van der Waals surface area contributed by atoms with Crippen molar-refractivity contribution >= 4 is 0 Å². The van der Waals surface area contributed by atoms with Gasteiger partial charge in [0.05, 0.1) is 52.9 Å². The van der Waals surface area contributed by atoms with Crippen LogP contribution in [-0.2, 0) is 10.8 Å². The molecule has 1 heterocycles. The van der Waals surface area contributed by atoms with E-state index in [4.69, 9.17) is 0 Å². The van der Waals surface area contributed by atoms with Gasteiger partial charge in [0, 0.05) is 23.7 Å². The number of hydrogen-bond donors (Lipinski definition) is 0. The first kappa shape index (κ1) is 26.4. The summed E-state index contributed by atoms with van der Waals surface area (Å²) < 4.78 is 2.59. The second kappa shape index (κ2) is 11.2. The Bertz CT molecular complexity index is 875. The van der Waals surface area contributed by atoms with Gasteiger partial charge in [0.15, 0.2) is 0 Å². The summed E-state index contributed by atoms with van der Waals surface area (Å²) in [5.74, 6) is 0.